The smallest absolute Gasteiger partial charge is 0.217 e. The maximum atomic E-state index is 5.13. The molecule has 0 aliphatic rings. The van der Waals surface area contributed by atoms with Crippen LogP contribution in [0.1, 0.15) is 11.4 Å². The number of benzene rings is 1. The van der Waals surface area contributed by atoms with Gasteiger partial charge in [-0.3, -0.25) is 0 Å². The summed E-state index contributed by atoms with van der Waals surface area (Å²) in [4.78, 5) is 8.55. The molecule has 0 atom stereocenters. The summed E-state index contributed by atoms with van der Waals surface area (Å²) in [5.41, 5.74) is 1.18. The molecule has 7 heteroatoms. The maximum Gasteiger partial charge on any atom is 0.217 e. The Hall–Kier alpha value is -2.67. The van der Waals surface area contributed by atoms with Gasteiger partial charge in [0.05, 0.1) is 7.11 Å². The third kappa shape index (κ3) is 3.80. The fraction of sp³-hybridized carbons (Fsp3) is 0.176. The molecule has 3 aromatic rings. The molecular formula is C17H17N5OS. The highest BCUT2D eigenvalue weighted by atomic mass is 32.2. The standard InChI is InChI=1S/C17H17N5OS/c1-3-11-22-14(12-13-7-5-4-6-8-13)20-21-17(22)24-16-18-10-9-15(19-16)23-2/h3-10H,1,11-12H2,2H3. The fourth-order valence-corrected chi connectivity index (χ4v) is 2.97. The molecule has 0 aliphatic carbocycles. The van der Waals surface area contributed by atoms with Crippen molar-refractivity contribution in [2.45, 2.75) is 23.3 Å². The number of allylic oxidation sites excluding steroid dienone is 1. The number of aromatic nitrogens is 5. The molecule has 0 amide bonds. The molecule has 2 heterocycles. The Morgan fingerprint density at radius 1 is 1.21 bits per heavy atom. The van der Waals surface area contributed by atoms with Gasteiger partial charge >= 0.3 is 0 Å². The predicted octanol–water partition coefficient (Wildman–Crippen LogP) is 3.00. The second-order valence-electron chi connectivity index (χ2n) is 4.94. The summed E-state index contributed by atoms with van der Waals surface area (Å²) in [6.45, 7) is 4.45. The molecule has 3 rings (SSSR count). The molecule has 0 N–H and O–H groups in total. The second-order valence-corrected chi connectivity index (χ2v) is 5.88. The molecule has 2 aromatic heterocycles. The van der Waals surface area contributed by atoms with Gasteiger partial charge in [0.15, 0.2) is 10.3 Å². The van der Waals surface area contributed by atoms with E-state index < -0.39 is 0 Å². The van der Waals surface area contributed by atoms with Gasteiger partial charge in [0.25, 0.3) is 0 Å². The van der Waals surface area contributed by atoms with Crippen molar-refractivity contribution in [1.82, 2.24) is 24.7 Å². The largest absolute Gasteiger partial charge is 0.481 e. The van der Waals surface area contributed by atoms with E-state index in [0.29, 0.717) is 24.0 Å². The molecule has 0 unspecified atom stereocenters. The van der Waals surface area contributed by atoms with E-state index in [1.807, 2.05) is 28.8 Å². The Morgan fingerprint density at radius 3 is 2.79 bits per heavy atom. The summed E-state index contributed by atoms with van der Waals surface area (Å²) in [5, 5.41) is 9.91. The highest BCUT2D eigenvalue weighted by Crippen LogP contribution is 2.25. The van der Waals surface area contributed by atoms with Crippen LogP contribution in [0, 0.1) is 0 Å². The summed E-state index contributed by atoms with van der Waals surface area (Å²) in [6, 6.07) is 11.9. The topological polar surface area (TPSA) is 65.7 Å². The first-order valence-electron chi connectivity index (χ1n) is 7.42. The maximum absolute atomic E-state index is 5.13. The number of hydrogen-bond acceptors (Lipinski definition) is 6. The zero-order valence-electron chi connectivity index (χ0n) is 13.3. The summed E-state index contributed by atoms with van der Waals surface area (Å²) in [5.74, 6) is 1.40. The minimum atomic E-state index is 0.520. The zero-order valence-corrected chi connectivity index (χ0v) is 14.1. The SMILES string of the molecule is C=CCn1c(Cc2ccccc2)nnc1Sc1nccc(OC)n1. The molecule has 0 saturated heterocycles. The lowest BCUT2D eigenvalue weighted by Crippen LogP contribution is -2.05. The number of nitrogens with zero attached hydrogens (tertiary/aromatic N) is 5. The van der Waals surface area contributed by atoms with Crippen molar-refractivity contribution < 1.29 is 4.74 Å². The summed E-state index contributed by atoms with van der Waals surface area (Å²) >= 11 is 1.35. The molecule has 0 spiro atoms. The average molecular weight is 339 g/mol. The number of hydrogen-bond donors (Lipinski definition) is 0. The summed E-state index contributed by atoms with van der Waals surface area (Å²) < 4.78 is 7.15. The van der Waals surface area contributed by atoms with Gasteiger partial charge in [0.2, 0.25) is 5.88 Å². The third-order valence-corrected chi connectivity index (χ3v) is 4.17. The molecule has 24 heavy (non-hydrogen) atoms. The first-order chi connectivity index (χ1) is 11.8. The number of rotatable bonds is 7. The monoisotopic (exact) mass is 339 g/mol. The van der Waals surface area contributed by atoms with Crippen LogP contribution in [0.2, 0.25) is 0 Å². The van der Waals surface area contributed by atoms with Gasteiger partial charge in [0, 0.05) is 25.2 Å². The minimum Gasteiger partial charge on any atom is -0.481 e. The van der Waals surface area contributed by atoms with Crippen LogP contribution in [0.15, 0.2) is 65.6 Å². The minimum absolute atomic E-state index is 0.520. The molecule has 1 aromatic carbocycles. The van der Waals surface area contributed by atoms with E-state index in [1.165, 1.54) is 17.3 Å². The Labute approximate surface area is 144 Å². The summed E-state index contributed by atoms with van der Waals surface area (Å²) in [7, 11) is 1.58. The normalized spacial score (nSPS) is 10.5. The van der Waals surface area contributed by atoms with E-state index in [-0.39, 0.29) is 0 Å². The van der Waals surface area contributed by atoms with E-state index >= 15 is 0 Å². The Kier molecular flexibility index (Phi) is 5.22. The molecule has 0 aliphatic heterocycles. The van der Waals surface area contributed by atoms with Crippen LogP contribution in [0.5, 0.6) is 5.88 Å². The Morgan fingerprint density at radius 2 is 2.04 bits per heavy atom. The van der Waals surface area contributed by atoms with Gasteiger partial charge < -0.3 is 9.30 Å². The van der Waals surface area contributed by atoms with Gasteiger partial charge in [-0.15, -0.1) is 16.8 Å². The van der Waals surface area contributed by atoms with Crippen molar-refractivity contribution in [1.29, 1.82) is 0 Å². The van der Waals surface area contributed by atoms with Crippen molar-refractivity contribution in [3.8, 4) is 5.88 Å². The van der Waals surface area contributed by atoms with Crippen LogP contribution in [0.4, 0.5) is 0 Å². The number of ether oxygens (including phenoxy) is 1. The highest BCUT2D eigenvalue weighted by molar-refractivity contribution is 7.99. The summed E-state index contributed by atoms with van der Waals surface area (Å²) in [6.07, 6.45) is 4.20. The van der Waals surface area contributed by atoms with Gasteiger partial charge in [-0.2, -0.15) is 4.98 Å². The molecule has 6 nitrogen and oxygen atoms in total. The van der Waals surface area contributed by atoms with E-state index in [1.54, 1.807) is 19.4 Å². The number of methoxy groups -OCH3 is 1. The third-order valence-electron chi connectivity index (χ3n) is 3.31. The highest BCUT2D eigenvalue weighted by Gasteiger charge is 2.14. The molecule has 122 valence electrons. The van der Waals surface area contributed by atoms with E-state index in [2.05, 4.69) is 38.9 Å². The predicted molar refractivity (Wildman–Crippen MR) is 92.2 cm³/mol. The van der Waals surface area contributed by atoms with E-state index in [4.69, 9.17) is 4.74 Å². The van der Waals surface area contributed by atoms with Crippen LogP contribution >= 0.6 is 11.8 Å². The molecular weight excluding hydrogens is 322 g/mol. The first kappa shape index (κ1) is 16.2. The quantitative estimate of drug-likeness (QED) is 0.487. The van der Waals surface area contributed by atoms with Crippen LogP contribution in [0.25, 0.3) is 0 Å². The Balaban J connectivity index is 1.86. The fourth-order valence-electron chi connectivity index (χ4n) is 2.19. The van der Waals surface area contributed by atoms with Crippen molar-refractivity contribution >= 4 is 11.8 Å². The van der Waals surface area contributed by atoms with E-state index in [9.17, 15) is 0 Å². The lowest BCUT2D eigenvalue weighted by Gasteiger charge is -2.07. The molecule has 0 saturated carbocycles. The van der Waals surface area contributed by atoms with Crippen LogP contribution in [-0.4, -0.2) is 31.8 Å². The zero-order chi connectivity index (χ0) is 16.8. The van der Waals surface area contributed by atoms with Crippen LogP contribution in [0.3, 0.4) is 0 Å². The van der Waals surface area contributed by atoms with Crippen molar-refractivity contribution in [3.63, 3.8) is 0 Å². The molecule has 0 bridgehead atoms. The van der Waals surface area contributed by atoms with Crippen molar-refractivity contribution in [2.75, 3.05) is 7.11 Å². The van der Waals surface area contributed by atoms with Gasteiger partial charge in [-0.1, -0.05) is 36.4 Å². The lowest BCUT2D eigenvalue weighted by molar-refractivity contribution is 0.392. The Bertz CT molecular complexity index is 819. The van der Waals surface area contributed by atoms with Gasteiger partial charge in [0.1, 0.15) is 5.82 Å². The average Bonchev–Trinajstić information content (AvgIpc) is 2.98. The van der Waals surface area contributed by atoms with Crippen LogP contribution in [-0.2, 0) is 13.0 Å². The molecule has 0 fully saturated rings. The van der Waals surface area contributed by atoms with Gasteiger partial charge in [-0.25, -0.2) is 4.98 Å². The van der Waals surface area contributed by atoms with Crippen molar-refractivity contribution in [2.24, 2.45) is 0 Å². The lowest BCUT2D eigenvalue weighted by atomic mass is 10.1. The van der Waals surface area contributed by atoms with Crippen LogP contribution < -0.4 is 4.74 Å². The molecule has 0 radical (unpaired) electrons. The van der Waals surface area contributed by atoms with Crippen molar-refractivity contribution in [3.05, 3.63) is 66.6 Å². The van der Waals surface area contributed by atoms with E-state index in [0.717, 1.165) is 11.0 Å². The van der Waals surface area contributed by atoms with Gasteiger partial charge in [-0.05, 0) is 17.3 Å². The first-order valence-corrected chi connectivity index (χ1v) is 8.23. The second kappa shape index (κ2) is 7.74.